The quantitative estimate of drug-likeness (QED) is 0.185. The fourth-order valence-electron chi connectivity index (χ4n) is 6.27. The summed E-state index contributed by atoms with van der Waals surface area (Å²) in [5.41, 5.74) is 8.44. The van der Waals surface area contributed by atoms with Crippen LogP contribution in [-0.2, 0) is 18.3 Å². The van der Waals surface area contributed by atoms with Gasteiger partial charge in [0.2, 0.25) is 0 Å². The minimum atomic E-state index is -0.752. The average Bonchev–Trinajstić information content (AvgIpc) is 3.45. The van der Waals surface area contributed by atoms with Crippen molar-refractivity contribution in [3.63, 3.8) is 0 Å². The number of halogens is 1. The normalized spacial score (nSPS) is 17.0. The number of para-hydroxylation sites is 1. The SMILES string of the molecule is Cc1cc(OCCCc2c(C(=O)N[C@H]3CC[C@@H](C(=O)O)CC3)[nH]c3c(-c4c(C)nn(C)c4C)cccc23)cc(C)c1Cl. The molecule has 2 heterocycles. The largest absolute Gasteiger partial charge is 0.494 e. The van der Waals surface area contributed by atoms with Gasteiger partial charge in [0.05, 0.1) is 23.7 Å². The molecule has 0 radical (unpaired) electrons. The smallest absolute Gasteiger partial charge is 0.306 e. The number of fused-ring (bicyclic) bond motifs is 1. The zero-order valence-corrected chi connectivity index (χ0v) is 25.7. The van der Waals surface area contributed by atoms with Crippen LogP contribution in [-0.4, -0.2) is 44.4 Å². The maximum atomic E-state index is 13.7. The zero-order valence-electron chi connectivity index (χ0n) is 24.9. The minimum Gasteiger partial charge on any atom is -0.494 e. The molecule has 1 amide bonds. The van der Waals surface area contributed by atoms with Crippen LogP contribution in [0.25, 0.3) is 22.0 Å². The molecule has 0 bridgehead atoms. The number of aromatic amines is 1. The van der Waals surface area contributed by atoms with Crippen molar-refractivity contribution >= 4 is 34.4 Å². The molecule has 3 N–H and O–H groups in total. The summed E-state index contributed by atoms with van der Waals surface area (Å²) in [5.74, 6) is -0.454. The molecule has 42 heavy (non-hydrogen) atoms. The van der Waals surface area contributed by atoms with Gasteiger partial charge in [0, 0.05) is 40.3 Å². The van der Waals surface area contributed by atoms with E-state index in [2.05, 4.69) is 34.5 Å². The number of rotatable bonds is 9. The summed E-state index contributed by atoms with van der Waals surface area (Å²) in [6.45, 7) is 8.49. The molecule has 1 fully saturated rings. The van der Waals surface area contributed by atoms with E-state index in [-0.39, 0.29) is 17.9 Å². The number of aryl methyl sites for hydroxylation is 5. The number of carbonyl (C=O) groups is 2. The first-order valence-corrected chi connectivity index (χ1v) is 15.0. The highest BCUT2D eigenvalue weighted by atomic mass is 35.5. The average molecular weight is 591 g/mol. The predicted molar refractivity (Wildman–Crippen MR) is 166 cm³/mol. The molecule has 4 aromatic rings. The molecule has 0 unspecified atom stereocenters. The molecule has 1 aliphatic rings. The van der Waals surface area contributed by atoms with Gasteiger partial charge >= 0.3 is 5.97 Å². The fraction of sp³-hybridized carbons (Fsp3) is 0.424. The predicted octanol–water partition coefficient (Wildman–Crippen LogP) is 6.84. The minimum absolute atomic E-state index is 0.0469. The molecule has 5 rings (SSSR count). The molecular weight excluding hydrogens is 552 g/mol. The van der Waals surface area contributed by atoms with E-state index in [9.17, 15) is 14.7 Å². The lowest BCUT2D eigenvalue weighted by molar-refractivity contribution is -0.142. The Balaban J connectivity index is 1.43. The van der Waals surface area contributed by atoms with Crippen LogP contribution >= 0.6 is 11.6 Å². The third-order valence-corrected chi connectivity index (χ3v) is 9.20. The molecule has 1 aliphatic carbocycles. The first-order valence-electron chi connectivity index (χ1n) is 14.6. The molecule has 0 spiro atoms. The third-order valence-electron chi connectivity index (χ3n) is 8.61. The van der Waals surface area contributed by atoms with Crippen LogP contribution in [0, 0.1) is 33.6 Å². The van der Waals surface area contributed by atoms with Crippen LogP contribution in [0.15, 0.2) is 30.3 Å². The number of benzene rings is 2. The van der Waals surface area contributed by atoms with Crippen LogP contribution in [0.4, 0.5) is 0 Å². The van der Waals surface area contributed by atoms with Crippen molar-refractivity contribution in [3.05, 3.63) is 69.1 Å². The highest BCUT2D eigenvalue weighted by Gasteiger charge is 2.28. The summed E-state index contributed by atoms with van der Waals surface area (Å²) in [4.78, 5) is 28.6. The Kier molecular flexibility index (Phi) is 8.64. The van der Waals surface area contributed by atoms with E-state index in [1.807, 2.05) is 50.7 Å². The molecule has 0 aliphatic heterocycles. The number of carboxylic acid groups (broad SMARTS) is 1. The second kappa shape index (κ2) is 12.2. The summed E-state index contributed by atoms with van der Waals surface area (Å²) >= 11 is 6.32. The Morgan fingerprint density at radius 1 is 1.12 bits per heavy atom. The molecule has 2 aromatic heterocycles. The summed E-state index contributed by atoms with van der Waals surface area (Å²) in [6, 6.07) is 10.0. The number of H-pyrrole nitrogens is 1. The lowest BCUT2D eigenvalue weighted by Crippen LogP contribution is -2.39. The number of nitrogens with zero attached hydrogens (tertiary/aromatic N) is 2. The fourth-order valence-corrected chi connectivity index (χ4v) is 6.38. The van der Waals surface area contributed by atoms with Gasteiger partial charge in [-0.15, -0.1) is 0 Å². The van der Waals surface area contributed by atoms with E-state index in [1.54, 1.807) is 0 Å². The number of hydrogen-bond donors (Lipinski definition) is 3. The third kappa shape index (κ3) is 5.91. The number of amides is 1. The first kappa shape index (κ1) is 29.7. The molecule has 9 heteroatoms. The van der Waals surface area contributed by atoms with E-state index in [1.165, 1.54) is 0 Å². The Morgan fingerprint density at radius 2 is 1.81 bits per heavy atom. The first-order chi connectivity index (χ1) is 20.0. The number of aliphatic carboxylic acids is 1. The highest BCUT2D eigenvalue weighted by molar-refractivity contribution is 6.32. The lowest BCUT2D eigenvalue weighted by Gasteiger charge is -2.26. The van der Waals surface area contributed by atoms with Gasteiger partial charge in [-0.2, -0.15) is 5.10 Å². The van der Waals surface area contributed by atoms with Crippen molar-refractivity contribution in [1.82, 2.24) is 20.1 Å². The lowest BCUT2D eigenvalue weighted by atomic mass is 9.86. The Morgan fingerprint density at radius 3 is 2.43 bits per heavy atom. The van der Waals surface area contributed by atoms with Crippen molar-refractivity contribution in [2.24, 2.45) is 13.0 Å². The van der Waals surface area contributed by atoms with Gasteiger partial charge < -0.3 is 20.1 Å². The van der Waals surface area contributed by atoms with E-state index in [0.29, 0.717) is 50.8 Å². The Labute approximate surface area is 251 Å². The molecule has 8 nitrogen and oxygen atoms in total. The van der Waals surface area contributed by atoms with Gasteiger partial charge in [0.1, 0.15) is 11.4 Å². The maximum absolute atomic E-state index is 13.7. The summed E-state index contributed by atoms with van der Waals surface area (Å²) < 4.78 is 7.96. The van der Waals surface area contributed by atoms with Gasteiger partial charge in [-0.1, -0.05) is 29.8 Å². The molecule has 1 saturated carbocycles. The highest BCUT2D eigenvalue weighted by Crippen LogP contribution is 2.36. The number of aromatic nitrogens is 3. The number of carboxylic acids is 1. The second-order valence-electron chi connectivity index (χ2n) is 11.6. The van der Waals surface area contributed by atoms with Gasteiger partial charge in [0.25, 0.3) is 5.91 Å². The zero-order chi connectivity index (χ0) is 30.1. The van der Waals surface area contributed by atoms with Crippen molar-refractivity contribution in [2.45, 2.75) is 72.3 Å². The molecule has 2 aromatic carbocycles. The van der Waals surface area contributed by atoms with E-state index in [4.69, 9.17) is 16.3 Å². The van der Waals surface area contributed by atoms with Gasteiger partial charge in [-0.05, 0) is 95.0 Å². The van der Waals surface area contributed by atoms with Crippen molar-refractivity contribution < 1.29 is 19.4 Å². The second-order valence-corrected chi connectivity index (χ2v) is 11.9. The van der Waals surface area contributed by atoms with Crippen LogP contribution in [0.1, 0.15) is 70.7 Å². The topological polar surface area (TPSA) is 109 Å². The van der Waals surface area contributed by atoms with E-state index >= 15 is 0 Å². The number of carbonyl (C=O) groups excluding carboxylic acids is 1. The van der Waals surface area contributed by atoms with Gasteiger partial charge in [0.15, 0.2) is 0 Å². The number of hydrogen-bond acceptors (Lipinski definition) is 4. The molecule has 0 saturated heterocycles. The number of nitrogens with one attached hydrogen (secondary N) is 2. The van der Waals surface area contributed by atoms with Gasteiger partial charge in [-0.3, -0.25) is 14.3 Å². The van der Waals surface area contributed by atoms with Gasteiger partial charge in [-0.25, -0.2) is 0 Å². The summed E-state index contributed by atoms with van der Waals surface area (Å²) in [7, 11) is 1.94. The monoisotopic (exact) mass is 590 g/mol. The standard InChI is InChI=1S/C33H39ClN4O4/c1-18-16-24(17-19(2)29(18)34)42-15-7-10-26-25-8-6-9-27(28-20(3)37-38(5)21(28)4)30(25)36-31(26)32(39)35-23-13-11-22(12-14-23)33(40)41/h6,8-9,16-17,22-23,36H,7,10-15H2,1-5H3,(H,35,39)(H,40,41)/t22-,23+. The Hall–Kier alpha value is -3.78. The van der Waals surface area contributed by atoms with E-state index in [0.717, 1.165) is 60.9 Å². The summed E-state index contributed by atoms with van der Waals surface area (Å²) in [5, 5.41) is 18.9. The van der Waals surface area contributed by atoms with Crippen molar-refractivity contribution in [3.8, 4) is 16.9 Å². The molecule has 0 atom stereocenters. The van der Waals surface area contributed by atoms with Crippen LogP contribution in [0.3, 0.4) is 0 Å². The van der Waals surface area contributed by atoms with Crippen LogP contribution in [0.5, 0.6) is 5.75 Å². The van der Waals surface area contributed by atoms with Crippen LogP contribution in [0.2, 0.25) is 5.02 Å². The van der Waals surface area contributed by atoms with Crippen molar-refractivity contribution in [2.75, 3.05) is 6.61 Å². The summed E-state index contributed by atoms with van der Waals surface area (Å²) in [6.07, 6.45) is 3.83. The maximum Gasteiger partial charge on any atom is 0.306 e. The molecule has 222 valence electrons. The van der Waals surface area contributed by atoms with Crippen molar-refractivity contribution in [1.29, 1.82) is 0 Å². The Bertz CT molecular complexity index is 1620. The number of ether oxygens (including phenoxy) is 1. The van der Waals surface area contributed by atoms with E-state index < -0.39 is 5.97 Å². The molecular formula is C33H39ClN4O4. The van der Waals surface area contributed by atoms with Crippen LogP contribution < -0.4 is 10.1 Å².